The summed E-state index contributed by atoms with van der Waals surface area (Å²) in [5.41, 5.74) is 0.541. The molecular formula is C22H33N3O4. The van der Waals surface area contributed by atoms with Crippen LogP contribution in [0.3, 0.4) is 0 Å². The van der Waals surface area contributed by atoms with Gasteiger partial charge in [-0.2, -0.15) is 0 Å². The van der Waals surface area contributed by atoms with E-state index in [1.807, 2.05) is 43.9 Å². The molecule has 29 heavy (non-hydrogen) atoms. The van der Waals surface area contributed by atoms with Gasteiger partial charge in [-0.3, -0.25) is 4.79 Å². The lowest BCUT2D eigenvalue weighted by molar-refractivity contribution is -0.137. The minimum Gasteiger partial charge on any atom is -0.495 e. The monoisotopic (exact) mass is 403 g/mol. The maximum atomic E-state index is 13.1. The summed E-state index contributed by atoms with van der Waals surface area (Å²) in [5, 5.41) is 0. The number of piperazine rings is 1. The van der Waals surface area contributed by atoms with Crippen molar-refractivity contribution in [2.24, 2.45) is 5.92 Å². The summed E-state index contributed by atoms with van der Waals surface area (Å²) in [5.74, 6) is 0.861. The lowest BCUT2D eigenvalue weighted by Crippen LogP contribution is -2.53. The molecule has 7 heteroatoms. The van der Waals surface area contributed by atoms with E-state index >= 15 is 0 Å². The highest BCUT2D eigenvalue weighted by Crippen LogP contribution is 2.29. The third kappa shape index (κ3) is 5.34. The molecule has 160 valence electrons. The molecule has 0 saturated carbocycles. The van der Waals surface area contributed by atoms with Gasteiger partial charge in [0.25, 0.3) is 0 Å². The van der Waals surface area contributed by atoms with Gasteiger partial charge in [-0.05, 0) is 45.7 Å². The van der Waals surface area contributed by atoms with E-state index in [1.165, 1.54) is 0 Å². The van der Waals surface area contributed by atoms with Crippen LogP contribution in [0.2, 0.25) is 0 Å². The molecule has 2 aliphatic rings. The number of nitrogens with zero attached hydrogens (tertiary/aromatic N) is 3. The van der Waals surface area contributed by atoms with Crippen LogP contribution >= 0.6 is 0 Å². The summed E-state index contributed by atoms with van der Waals surface area (Å²) in [4.78, 5) is 31.3. The van der Waals surface area contributed by atoms with Crippen LogP contribution in [0, 0.1) is 5.92 Å². The van der Waals surface area contributed by atoms with E-state index in [0.717, 1.165) is 37.4 Å². The van der Waals surface area contributed by atoms with Crippen molar-refractivity contribution in [1.29, 1.82) is 0 Å². The van der Waals surface area contributed by atoms with Gasteiger partial charge in [0.15, 0.2) is 0 Å². The molecule has 0 N–H and O–H groups in total. The molecule has 1 aromatic rings. The van der Waals surface area contributed by atoms with Crippen LogP contribution in [0.25, 0.3) is 0 Å². The lowest BCUT2D eigenvalue weighted by Gasteiger charge is -2.40. The maximum Gasteiger partial charge on any atom is 0.410 e. The minimum atomic E-state index is -0.525. The van der Waals surface area contributed by atoms with Crippen molar-refractivity contribution in [1.82, 2.24) is 9.80 Å². The van der Waals surface area contributed by atoms with Crippen molar-refractivity contribution >= 4 is 17.7 Å². The zero-order valence-electron chi connectivity index (χ0n) is 18.0. The van der Waals surface area contributed by atoms with E-state index in [9.17, 15) is 9.59 Å². The van der Waals surface area contributed by atoms with Gasteiger partial charge >= 0.3 is 6.09 Å². The van der Waals surface area contributed by atoms with Crippen molar-refractivity contribution in [2.75, 3.05) is 51.3 Å². The Labute approximate surface area is 173 Å². The standard InChI is InChI=1S/C22H33N3O4/c1-22(2,3)29-21(27)25-11-7-8-17(16-25)20(26)24-14-12-23(13-15-24)18-9-5-6-10-19(18)28-4/h5-6,9-10,17H,7-8,11-16H2,1-4H3. The van der Waals surface area contributed by atoms with E-state index in [-0.39, 0.29) is 17.9 Å². The van der Waals surface area contributed by atoms with Crippen molar-refractivity contribution < 1.29 is 19.1 Å². The molecule has 7 nitrogen and oxygen atoms in total. The molecule has 0 aromatic heterocycles. The Morgan fingerprint density at radius 3 is 2.34 bits per heavy atom. The Bertz CT molecular complexity index is 723. The number of carbonyl (C=O) groups excluding carboxylic acids is 2. The number of para-hydroxylation sites is 2. The third-order valence-corrected chi connectivity index (χ3v) is 5.44. The first-order chi connectivity index (χ1) is 13.8. The summed E-state index contributed by atoms with van der Waals surface area (Å²) in [6.45, 7) is 9.58. The van der Waals surface area contributed by atoms with E-state index in [4.69, 9.17) is 9.47 Å². The predicted octanol–water partition coefficient (Wildman–Crippen LogP) is 2.99. The van der Waals surface area contributed by atoms with Crippen LogP contribution in [0.5, 0.6) is 5.75 Å². The topological polar surface area (TPSA) is 62.3 Å². The molecule has 1 aromatic carbocycles. The number of hydrogen-bond donors (Lipinski definition) is 0. The molecular weight excluding hydrogens is 370 g/mol. The molecule has 2 fully saturated rings. The number of piperidine rings is 1. The SMILES string of the molecule is COc1ccccc1N1CCN(C(=O)C2CCCN(C(=O)OC(C)(C)C)C2)CC1. The molecule has 0 spiro atoms. The third-order valence-electron chi connectivity index (χ3n) is 5.44. The van der Waals surface area contributed by atoms with Crippen molar-refractivity contribution in [3.8, 4) is 5.75 Å². The molecule has 0 radical (unpaired) electrons. The van der Waals surface area contributed by atoms with Gasteiger partial charge in [-0.15, -0.1) is 0 Å². The predicted molar refractivity (Wildman–Crippen MR) is 112 cm³/mol. The molecule has 2 aliphatic heterocycles. The first-order valence-electron chi connectivity index (χ1n) is 10.4. The number of amides is 2. The number of rotatable bonds is 3. The molecule has 2 amide bonds. The Morgan fingerprint density at radius 1 is 1.00 bits per heavy atom. The Morgan fingerprint density at radius 2 is 1.69 bits per heavy atom. The number of hydrogen-bond acceptors (Lipinski definition) is 5. The van der Waals surface area contributed by atoms with Gasteiger partial charge in [0, 0.05) is 39.3 Å². The summed E-state index contributed by atoms with van der Waals surface area (Å²) >= 11 is 0. The van der Waals surface area contributed by atoms with Crippen molar-refractivity contribution in [2.45, 2.75) is 39.2 Å². The normalized spacial score (nSPS) is 20.4. The number of likely N-dealkylation sites (tertiary alicyclic amines) is 1. The summed E-state index contributed by atoms with van der Waals surface area (Å²) in [6.07, 6.45) is 1.33. The Hall–Kier alpha value is -2.44. The molecule has 0 bridgehead atoms. The molecule has 2 heterocycles. The van der Waals surface area contributed by atoms with Gasteiger partial charge in [0.05, 0.1) is 18.7 Å². The Kier molecular flexibility index (Phi) is 6.55. The highest BCUT2D eigenvalue weighted by molar-refractivity contribution is 5.80. The number of anilines is 1. The average Bonchev–Trinajstić information content (AvgIpc) is 2.72. The smallest absolute Gasteiger partial charge is 0.410 e. The lowest BCUT2D eigenvalue weighted by atomic mass is 9.96. The van der Waals surface area contributed by atoms with Crippen molar-refractivity contribution in [3.05, 3.63) is 24.3 Å². The summed E-state index contributed by atoms with van der Waals surface area (Å²) in [7, 11) is 1.68. The second-order valence-corrected chi connectivity index (χ2v) is 8.75. The molecule has 1 unspecified atom stereocenters. The zero-order chi connectivity index (χ0) is 21.0. The van der Waals surface area contributed by atoms with E-state index in [2.05, 4.69) is 11.0 Å². The fourth-order valence-electron chi connectivity index (χ4n) is 3.99. The summed E-state index contributed by atoms with van der Waals surface area (Å²) < 4.78 is 10.9. The molecule has 3 rings (SSSR count). The number of ether oxygens (including phenoxy) is 2. The number of carbonyl (C=O) groups is 2. The average molecular weight is 404 g/mol. The fourth-order valence-corrected chi connectivity index (χ4v) is 3.99. The quantitative estimate of drug-likeness (QED) is 0.776. The molecule has 0 aliphatic carbocycles. The van der Waals surface area contributed by atoms with Gasteiger partial charge in [0.2, 0.25) is 5.91 Å². The van der Waals surface area contributed by atoms with E-state index in [1.54, 1.807) is 12.0 Å². The number of benzene rings is 1. The van der Waals surface area contributed by atoms with Crippen LogP contribution < -0.4 is 9.64 Å². The van der Waals surface area contributed by atoms with Crippen LogP contribution in [-0.2, 0) is 9.53 Å². The van der Waals surface area contributed by atoms with E-state index in [0.29, 0.717) is 26.2 Å². The van der Waals surface area contributed by atoms with Crippen LogP contribution in [-0.4, -0.2) is 73.8 Å². The molecule has 1 atom stereocenters. The fraction of sp³-hybridized carbons (Fsp3) is 0.636. The maximum absolute atomic E-state index is 13.1. The van der Waals surface area contributed by atoms with Gasteiger partial charge in [0.1, 0.15) is 11.4 Å². The highest BCUT2D eigenvalue weighted by atomic mass is 16.6. The second-order valence-electron chi connectivity index (χ2n) is 8.75. The van der Waals surface area contributed by atoms with Crippen molar-refractivity contribution in [3.63, 3.8) is 0 Å². The van der Waals surface area contributed by atoms with Gasteiger partial charge in [-0.1, -0.05) is 12.1 Å². The second kappa shape index (κ2) is 8.93. The van der Waals surface area contributed by atoms with Gasteiger partial charge in [-0.25, -0.2) is 4.79 Å². The van der Waals surface area contributed by atoms with E-state index < -0.39 is 5.60 Å². The first kappa shape index (κ1) is 21.3. The summed E-state index contributed by atoms with van der Waals surface area (Å²) in [6, 6.07) is 7.97. The van der Waals surface area contributed by atoms with Crippen LogP contribution in [0.1, 0.15) is 33.6 Å². The first-order valence-corrected chi connectivity index (χ1v) is 10.4. The highest BCUT2D eigenvalue weighted by Gasteiger charge is 2.34. The zero-order valence-corrected chi connectivity index (χ0v) is 18.0. The largest absolute Gasteiger partial charge is 0.495 e. The van der Waals surface area contributed by atoms with Crippen LogP contribution in [0.15, 0.2) is 24.3 Å². The number of methoxy groups -OCH3 is 1. The molecule has 2 saturated heterocycles. The van der Waals surface area contributed by atoms with Gasteiger partial charge < -0.3 is 24.2 Å². The minimum absolute atomic E-state index is 0.144. The van der Waals surface area contributed by atoms with Crippen LogP contribution in [0.4, 0.5) is 10.5 Å². The Balaban J connectivity index is 1.55.